The van der Waals surface area contributed by atoms with Gasteiger partial charge in [-0.3, -0.25) is 0 Å². The zero-order chi connectivity index (χ0) is 14.5. The fourth-order valence-corrected chi connectivity index (χ4v) is 3.46. The summed E-state index contributed by atoms with van der Waals surface area (Å²) in [6.45, 7) is 5.24. The maximum absolute atomic E-state index is 14.5. The summed E-state index contributed by atoms with van der Waals surface area (Å²) in [6, 6.07) is 5.56. The lowest BCUT2D eigenvalue weighted by molar-refractivity contribution is 0.221. The van der Waals surface area contributed by atoms with Crippen LogP contribution >= 0.6 is 0 Å². The van der Waals surface area contributed by atoms with Gasteiger partial charge in [-0.15, -0.1) is 0 Å². The Bertz CT molecular complexity index is 435. The summed E-state index contributed by atoms with van der Waals surface area (Å²) in [7, 11) is 1.52. The first-order valence-corrected chi connectivity index (χ1v) is 7.73. The summed E-state index contributed by atoms with van der Waals surface area (Å²) >= 11 is 0. The number of halogens is 1. The average Bonchev–Trinajstić information content (AvgIpc) is 2.45. The first kappa shape index (κ1) is 15.3. The topological polar surface area (TPSA) is 21.3 Å². The zero-order valence-electron chi connectivity index (χ0n) is 12.8. The van der Waals surface area contributed by atoms with Crippen molar-refractivity contribution < 1.29 is 9.13 Å². The molecule has 3 atom stereocenters. The molecule has 1 fully saturated rings. The van der Waals surface area contributed by atoms with Gasteiger partial charge in [0.25, 0.3) is 0 Å². The van der Waals surface area contributed by atoms with Gasteiger partial charge in [0.15, 0.2) is 11.6 Å². The van der Waals surface area contributed by atoms with Gasteiger partial charge in [0.1, 0.15) is 0 Å². The molecule has 20 heavy (non-hydrogen) atoms. The van der Waals surface area contributed by atoms with E-state index in [0.29, 0.717) is 11.7 Å². The summed E-state index contributed by atoms with van der Waals surface area (Å²) in [5.74, 6) is 1.39. The van der Waals surface area contributed by atoms with E-state index < -0.39 is 0 Å². The molecular weight excluding hydrogens is 253 g/mol. The number of hydrogen-bond donors (Lipinski definition) is 1. The lowest BCUT2D eigenvalue weighted by Crippen LogP contribution is -2.32. The molecule has 1 aliphatic carbocycles. The maximum atomic E-state index is 14.5. The van der Waals surface area contributed by atoms with Crippen LogP contribution in [0.4, 0.5) is 4.39 Å². The van der Waals surface area contributed by atoms with Crippen molar-refractivity contribution in [2.45, 2.75) is 45.6 Å². The Morgan fingerprint density at radius 1 is 1.40 bits per heavy atom. The van der Waals surface area contributed by atoms with Crippen LogP contribution in [0.5, 0.6) is 5.75 Å². The Balaban J connectivity index is 2.28. The van der Waals surface area contributed by atoms with E-state index in [1.165, 1.54) is 32.8 Å². The standard InChI is InChI=1S/C17H26FNO/c1-4-19-17(13-8-5-7-12(2)11-13)14-9-6-10-15(20-3)16(14)18/h6,9-10,12-13,17,19H,4-5,7-8,11H2,1-3H3. The fourth-order valence-electron chi connectivity index (χ4n) is 3.46. The van der Waals surface area contributed by atoms with Gasteiger partial charge in [-0.05, 0) is 37.3 Å². The number of hydrogen-bond acceptors (Lipinski definition) is 2. The Morgan fingerprint density at radius 3 is 2.85 bits per heavy atom. The second-order valence-corrected chi connectivity index (χ2v) is 5.93. The van der Waals surface area contributed by atoms with E-state index in [1.54, 1.807) is 6.07 Å². The molecule has 1 aromatic rings. The van der Waals surface area contributed by atoms with E-state index in [2.05, 4.69) is 19.2 Å². The molecule has 0 aliphatic heterocycles. The maximum Gasteiger partial charge on any atom is 0.169 e. The predicted molar refractivity (Wildman–Crippen MR) is 80.5 cm³/mol. The molecule has 1 aliphatic rings. The van der Waals surface area contributed by atoms with Crippen LogP contribution in [-0.2, 0) is 0 Å². The van der Waals surface area contributed by atoms with Gasteiger partial charge in [-0.1, -0.05) is 38.8 Å². The third-order valence-corrected chi connectivity index (χ3v) is 4.42. The van der Waals surface area contributed by atoms with Gasteiger partial charge < -0.3 is 10.1 Å². The Kier molecular flexibility index (Phi) is 5.41. The van der Waals surface area contributed by atoms with Crippen LogP contribution in [0.2, 0.25) is 0 Å². The van der Waals surface area contributed by atoms with Crippen LogP contribution < -0.4 is 10.1 Å². The van der Waals surface area contributed by atoms with E-state index in [9.17, 15) is 4.39 Å². The molecule has 2 nitrogen and oxygen atoms in total. The molecule has 0 amide bonds. The lowest BCUT2D eigenvalue weighted by Gasteiger charge is -2.34. The fraction of sp³-hybridized carbons (Fsp3) is 0.647. The number of rotatable bonds is 5. The Labute approximate surface area is 121 Å². The summed E-state index contributed by atoms with van der Waals surface area (Å²) in [4.78, 5) is 0. The van der Waals surface area contributed by atoms with E-state index in [4.69, 9.17) is 4.74 Å². The smallest absolute Gasteiger partial charge is 0.169 e. The highest BCUT2D eigenvalue weighted by Gasteiger charge is 2.29. The van der Waals surface area contributed by atoms with Gasteiger partial charge in [0.05, 0.1) is 7.11 Å². The molecule has 2 rings (SSSR count). The minimum atomic E-state index is -0.209. The summed E-state index contributed by atoms with van der Waals surface area (Å²) in [6.07, 6.45) is 4.90. The second-order valence-electron chi connectivity index (χ2n) is 5.93. The van der Waals surface area contributed by atoms with Crippen molar-refractivity contribution in [3.05, 3.63) is 29.6 Å². The van der Waals surface area contributed by atoms with Crippen molar-refractivity contribution >= 4 is 0 Å². The molecular formula is C17H26FNO. The van der Waals surface area contributed by atoms with Gasteiger partial charge in [-0.25, -0.2) is 4.39 Å². The predicted octanol–water partition coefficient (Wildman–Crippen LogP) is 4.31. The van der Waals surface area contributed by atoms with Gasteiger partial charge in [0.2, 0.25) is 0 Å². The SMILES string of the molecule is CCNC(c1cccc(OC)c1F)C1CCCC(C)C1. The van der Waals surface area contributed by atoms with Crippen molar-refractivity contribution in [2.24, 2.45) is 11.8 Å². The minimum absolute atomic E-state index is 0.0952. The van der Waals surface area contributed by atoms with Crippen molar-refractivity contribution in [1.82, 2.24) is 5.32 Å². The summed E-state index contributed by atoms with van der Waals surface area (Å²) in [5, 5.41) is 3.49. The minimum Gasteiger partial charge on any atom is -0.494 e. The van der Waals surface area contributed by atoms with Crippen LogP contribution in [0.25, 0.3) is 0 Å². The zero-order valence-corrected chi connectivity index (χ0v) is 12.8. The largest absolute Gasteiger partial charge is 0.494 e. The summed E-state index contributed by atoms with van der Waals surface area (Å²) in [5.41, 5.74) is 0.755. The summed E-state index contributed by atoms with van der Waals surface area (Å²) < 4.78 is 19.7. The van der Waals surface area contributed by atoms with Crippen molar-refractivity contribution in [1.29, 1.82) is 0 Å². The molecule has 0 radical (unpaired) electrons. The molecule has 0 bridgehead atoms. The van der Waals surface area contributed by atoms with Crippen LogP contribution in [0, 0.1) is 17.7 Å². The van der Waals surface area contributed by atoms with E-state index in [0.717, 1.165) is 18.0 Å². The third-order valence-electron chi connectivity index (χ3n) is 4.42. The molecule has 0 aromatic heterocycles. The second kappa shape index (κ2) is 7.07. The average molecular weight is 279 g/mol. The number of nitrogens with one attached hydrogen (secondary N) is 1. The highest BCUT2D eigenvalue weighted by Crippen LogP contribution is 2.39. The Hall–Kier alpha value is -1.09. The third kappa shape index (κ3) is 3.32. The normalized spacial score (nSPS) is 24.4. The molecule has 0 heterocycles. The molecule has 0 spiro atoms. The Morgan fingerprint density at radius 2 is 2.20 bits per heavy atom. The first-order valence-electron chi connectivity index (χ1n) is 7.73. The quantitative estimate of drug-likeness (QED) is 0.867. The van der Waals surface area contributed by atoms with E-state index in [1.807, 2.05) is 12.1 Å². The number of ether oxygens (including phenoxy) is 1. The van der Waals surface area contributed by atoms with E-state index in [-0.39, 0.29) is 11.9 Å². The highest BCUT2D eigenvalue weighted by atomic mass is 19.1. The molecule has 1 aromatic carbocycles. The number of methoxy groups -OCH3 is 1. The van der Waals surface area contributed by atoms with E-state index >= 15 is 0 Å². The van der Waals surface area contributed by atoms with Gasteiger partial charge in [0, 0.05) is 11.6 Å². The molecule has 3 heteroatoms. The molecule has 1 saturated carbocycles. The molecule has 0 saturated heterocycles. The lowest BCUT2D eigenvalue weighted by atomic mass is 9.76. The first-order chi connectivity index (χ1) is 9.67. The van der Waals surface area contributed by atoms with Crippen LogP contribution in [0.3, 0.4) is 0 Å². The van der Waals surface area contributed by atoms with Crippen molar-refractivity contribution in [2.75, 3.05) is 13.7 Å². The highest BCUT2D eigenvalue weighted by molar-refractivity contribution is 5.33. The number of benzene rings is 1. The van der Waals surface area contributed by atoms with Gasteiger partial charge in [-0.2, -0.15) is 0 Å². The monoisotopic (exact) mass is 279 g/mol. The molecule has 3 unspecified atom stereocenters. The van der Waals surface area contributed by atoms with Crippen LogP contribution in [0.15, 0.2) is 18.2 Å². The van der Waals surface area contributed by atoms with Crippen LogP contribution in [0.1, 0.15) is 51.1 Å². The molecule has 112 valence electrons. The van der Waals surface area contributed by atoms with Crippen LogP contribution in [-0.4, -0.2) is 13.7 Å². The van der Waals surface area contributed by atoms with Crippen molar-refractivity contribution in [3.63, 3.8) is 0 Å². The van der Waals surface area contributed by atoms with Gasteiger partial charge >= 0.3 is 0 Å². The van der Waals surface area contributed by atoms with Crippen molar-refractivity contribution in [3.8, 4) is 5.75 Å². The molecule has 1 N–H and O–H groups in total.